The lowest BCUT2D eigenvalue weighted by atomic mass is 9.94. The van der Waals surface area contributed by atoms with Crippen LogP contribution in [0.2, 0.25) is 0 Å². The van der Waals surface area contributed by atoms with Crippen LogP contribution in [0.15, 0.2) is 36.4 Å². The fraction of sp³-hybridized carbons (Fsp3) is 0.353. The van der Waals surface area contributed by atoms with Crippen LogP contribution in [0.3, 0.4) is 0 Å². The number of halogens is 1. The number of rotatable bonds is 6. The van der Waals surface area contributed by atoms with Gasteiger partial charge in [-0.05, 0) is 36.1 Å². The molecule has 0 saturated carbocycles. The Morgan fingerprint density at radius 3 is 2.63 bits per heavy atom. The van der Waals surface area contributed by atoms with Crippen LogP contribution >= 0.6 is 15.9 Å². The molecule has 0 aromatic heterocycles. The molecule has 0 unspecified atom stereocenters. The number of benzene rings is 2. The molecule has 0 spiro atoms. The number of hydrogen-bond donors (Lipinski definition) is 0. The standard InChI is InChI=1S/C17H19BrO/c1-13-10-11-14-7-4-5-8-15(14)17(13)16(19)9-3-2-6-12-18/h4-5,7-8,10-11H,2-3,6,9,12H2,1H3. The summed E-state index contributed by atoms with van der Waals surface area (Å²) >= 11 is 3.42. The van der Waals surface area contributed by atoms with Crippen molar-refractivity contribution in [1.82, 2.24) is 0 Å². The number of fused-ring (bicyclic) bond motifs is 1. The molecule has 0 N–H and O–H groups in total. The van der Waals surface area contributed by atoms with E-state index < -0.39 is 0 Å². The predicted molar refractivity (Wildman–Crippen MR) is 85.3 cm³/mol. The second-order valence-corrected chi connectivity index (χ2v) is 5.69. The van der Waals surface area contributed by atoms with Crippen molar-refractivity contribution in [3.8, 4) is 0 Å². The molecule has 0 saturated heterocycles. The zero-order chi connectivity index (χ0) is 13.7. The van der Waals surface area contributed by atoms with Crippen molar-refractivity contribution >= 4 is 32.5 Å². The molecular weight excluding hydrogens is 300 g/mol. The summed E-state index contributed by atoms with van der Waals surface area (Å²) in [6, 6.07) is 12.3. The SMILES string of the molecule is Cc1ccc2ccccc2c1C(=O)CCCCCBr. The number of Topliss-reactive ketones (excluding diaryl/α,β-unsaturated/α-hetero) is 1. The third-order valence-electron chi connectivity index (χ3n) is 3.45. The van der Waals surface area contributed by atoms with Gasteiger partial charge in [0, 0.05) is 17.3 Å². The topological polar surface area (TPSA) is 17.1 Å². The van der Waals surface area contributed by atoms with Crippen molar-refractivity contribution in [2.75, 3.05) is 5.33 Å². The Bertz CT molecular complexity index is 574. The van der Waals surface area contributed by atoms with Crippen LogP contribution in [0, 0.1) is 6.92 Å². The number of ketones is 1. The van der Waals surface area contributed by atoms with Crippen molar-refractivity contribution in [2.45, 2.75) is 32.6 Å². The van der Waals surface area contributed by atoms with E-state index in [0.29, 0.717) is 6.42 Å². The summed E-state index contributed by atoms with van der Waals surface area (Å²) in [5, 5.41) is 3.26. The van der Waals surface area contributed by atoms with Gasteiger partial charge in [-0.3, -0.25) is 4.79 Å². The molecule has 2 aromatic rings. The molecular formula is C17H19BrO. The van der Waals surface area contributed by atoms with Gasteiger partial charge in [-0.15, -0.1) is 0 Å². The van der Waals surface area contributed by atoms with E-state index in [-0.39, 0.29) is 5.78 Å². The average molecular weight is 319 g/mol. The largest absolute Gasteiger partial charge is 0.294 e. The number of carbonyl (C=O) groups excluding carboxylic acids is 1. The van der Waals surface area contributed by atoms with Gasteiger partial charge in [0.2, 0.25) is 0 Å². The first-order valence-electron chi connectivity index (χ1n) is 6.81. The third-order valence-corrected chi connectivity index (χ3v) is 4.01. The molecule has 0 heterocycles. The maximum atomic E-state index is 12.4. The summed E-state index contributed by atoms with van der Waals surface area (Å²) in [5.74, 6) is 0.281. The molecule has 0 atom stereocenters. The average Bonchev–Trinajstić information content (AvgIpc) is 2.43. The van der Waals surface area contributed by atoms with Gasteiger partial charge in [-0.2, -0.15) is 0 Å². The quantitative estimate of drug-likeness (QED) is 0.402. The molecule has 2 rings (SSSR count). The van der Waals surface area contributed by atoms with Gasteiger partial charge in [0.25, 0.3) is 0 Å². The molecule has 0 fully saturated rings. The van der Waals surface area contributed by atoms with Crippen molar-refractivity contribution in [3.63, 3.8) is 0 Å². The van der Waals surface area contributed by atoms with Crippen LogP contribution < -0.4 is 0 Å². The van der Waals surface area contributed by atoms with E-state index in [9.17, 15) is 4.79 Å². The minimum Gasteiger partial charge on any atom is -0.294 e. The maximum Gasteiger partial charge on any atom is 0.163 e. The number of alkyl halides is 1. The maximum absolute atomic E-state index is 12.4. The molecule has 0 aliphatic carbocycles. The van der Waals surface area contributed by atoms with Crippen molar-refractivity contribution in [3.05, 3.63) is 47.5 Å². The Hall–Kier alpha value is -1.15. The van der Waals surface area contributed by atoms with E-state index in [2.05, 4.69) is 28.1 Å². The molecule has 0 amide bonds. The Morgan fingerprint density at radius 1 is 1.05 bits per heavy atom. The number of carbonyl (C=O) groups is 1. The van der Waals surface area contributed by atoms with Crippen molar-refractivity contribution in [2.24, 2.45) is 0 Å². The van der Waals surface area contributed by atoms with E-state index >= 15 is 0 Å². The van der Waals surface area contributed by atoms with Gasteiger partial charge in [0.15, 0.2) is 5.78 Å². The smallest absolute Gasteiger partial charge is 0.163 e. The van der Waals surface area contributed by atoms with Crippen LogP contribution in [0.4, 0.5) is 0 Å². The Balaban J connectivity index is 2.23. The van der Waals surface area contributed by atoms with Gasteiger partial charge in [0.1, 0.15) is 0 Å². The number of unbranched alkanes of at least 4 members (excludes halogenated alkanes) is 2. The highest BCUT2D eigenvalue weighted by atomic mass is 79.9. The first-order valence-corrected chi connectivity index (χ1v) is 7.93. The summed E-state index contributed by atoms with van der Waals surface area (Å²) in [6.07, 6.45) is 3.89. The Labute approximate surface area is 123 Å². The monoisotopic (exact) mass is 318 g/mol. The van der Waals surface area contributed by atoms with E-state index in [4.69, 9.17) is 0 Å². The molecule has 0 aliphatic rings. The zero-order valence-corrected chi connectivity index (χ0v) is 12.9. The summed E-state index contributed by atoms with van der Waals surface area (Å²) < 4.78 is 0. The molecule has 100 valence electrons. The lowest BCUT2D eigenvalue weighted by molar-refractivity contribution is 0.0980. The molecule has 0 aliphatic heterocycles. The predicted octanol–water partition coefficient (Wildman–Crippen LogP) is 5.29. The highest BCUT2D eigenvalue weighted by molar-refractivity contribution is 9.09. The molecule has 1 nitrogen and oxygen atoms in total. The van der Waals surface area contributed by atoms with E-state index in [1.807, 2.05) is 31.2 Å². The number of aryl methyl sites for hydroxylation is 1. The van der Waals surface area contributed by atoms with Gasteiger partial charge in [-0.1, -0.05) is 58.7 Å². The normalized spacial score (nSPS) is 10.8. The van der Waals surface area contributed by atoms with E-state index in [1.165, 1.54) is 0 Å². The summed E-state index contributed by atoms with van der Waals surface area (Å²) in [5.41, 5.74) is 2.00. The highest BCUT2D eigenvalue weighted by Crippen LogP contribution is 2.24. The summed E-state index contributed by atoms with van der Waals surface area (Å²) in [4.78, 5) is 12.4. The fourth-order valence-corrected chi connectivity index (χ4v) is 2.83. The molecule has 0 bridgehead atoms. The first-order chi connectivity index (χ1) is 9.24. The highest BCUT2D eigenvalue weighted by Gasteiger charge is 2.12. The fourth-order valence-electron chi connectivity index (χ4n) is 2.43. The van der Waals surface area contributed by atoms with Gasteiger partial charge in [-0.25, -0.2) is 0 Å². The van der Waals surface area contributed by atoms with Gasteiger partial charge in [0.05, 0.1) is 0 Å². The first kappa shape index (κ1) is 14.3. The Kier molecular flexibility index (Phi) is 5.15. The van der Waals surface area contributed by atoms with E-state index in [1.54, 1.807) is 0 Å². The third kappa shape index (κ3) is 3.44. The van der Waals surface area contributed by atoms with Crippen LogP contribution in [0.5, 0.6) is 0 Å². The second-order valence-electron chi connectivity index (χ2n) is 4.90. The van der Waals surface area contributed by atoms with Crippen LogP contribution in [0.1, 0.15) is 41.6 Å². The lowest BCUT2D eigenvalue weighted by Crippen LogP contribution is -2.03. The number of hydrogen-bond acceptors (Lipinski definition) is 1. The Morgan fingerprint density at radius 2 is 1.84 bits per heavy atom. The van der Waals surface area contributed by atoms with Gasteiger partial charge >= 0.3 is 0 Å². The van der Waals surface area contributed by atoms with Crippen LogP contribution in [-0.4, -0.2) is 11.1 Å². The van der Waals surface area contributed by atoms with Crippen molar-refractivity contribution < 1.29 is 4.79 Å². The molecule has 2 aromatic carbocycles. The summed E-state index contributed by atoms with van der Waals surface area (Å²) in [7, 11) is 0. The van der Waals surface area contributed by atoms with Gasteiger partial charge < -0.3 is 0 Å². The molecule has 19 heavy (non-hydrogen) atoms. The summed E-state index contributed by atoms with van der Waals surface area (Å²) in [6.45, 7) is 2.03. The second kappa shape index (κ2) is 6.85. The van der Waals surface area contributed by atoms with Crippen LogP contribution in [-0.2, 0) is 0 Å². The minimum absolute atomic E-state index is 0.281. The lowest BCUT2D eigenvalue weighted by Gasteiger charge is -2.09. The van der Waals surface area contributed by atoms with E-state index in [0.717, 1.165) is 46.5 Å². The molecule has 0 radical (unpaired) electrons. The van der Waals surface area contributed by atoms with Crippen molar-refractivity contribution in [1.29, 1.82) is 0 Å². The zero-order valence-electron chi connectivity index (χ0n) is 11.3. The minimum atomic E-state index is 0.281. The van der Waals surface area contributed by atoms with Crippen LogP contribution in [0.25, 0.3) is 10.8 Å². The molecule has 2 heteroatoms.